The van der Waals surface area contributed by atoms with Gasteiger partial charge in [-0.25, -0.2) is 9.78 Å². The van der Waals surface area contributed by atoms with Crippen LogP contribution < -0.4 is 16.2 Å². The molecule has 5 atom stereocenters. The number of hydrogen-bond acceptors (Lipinski definition) is 12. The summed E-state index contributed by atoms with van der Waals surface area (Å²) in [5, 5.41) is 22.0. The third-order valence-electron chi connectivity index (χ3n) is 7.89. The van der Waals surface area contributed by atoms with Crippen molar-refractivity contribution in [1.82, 2.24) is 14.9 Å². The van der Waals surface area contributed by atoms with E-state index in [1.54, 1.807) is 44.2 Å². The lowest BCUT2D eigenvalue weighted by atomic mass is 9.86. The maximum absolute atomic E-state index is 14.5. The summed E-state index contributed by atoms with van der Waals surface area (Å²) in [5.74, 6) is -4.37. The monoisotopic (exact) mass is 652 g/mol. The van der Waals surface area contributed by atoms with E-state index < -0.39 is 77.6 Å². The lowest BCUT2D eigenvalue weighted by Gasteiger charge is -2.38. The molecule has 1 heterocycles. The number of imide groups is 1. The number of aliphatic hydroxyl groups excluding tert-OH is 1. The number of rotatable bonds is 17. The standard InChI is InChI=1S/C32H40N6O9/c1-4-20(2)29(30(42)46-3)37(28(41)15-26(39)25(33)14-21-10-12-23(13-11-21)38(44)45)31(43)32(34,16-22-17-35-19-36-22)27(40)18-47-24-8-6-5-7-9-24/h5-13,17,19-20,25-26,29,39H,4,14-16,18,33-34H2,1-3H3,(H,35,36)/t20?,25-,26?,29-,32+/m0/s1. The van der Waals surface area contributed by atoms with Gasteiger partial charge in [-0.3, -0.25) is 29.4 Å². The average Bonchev–Trinajstić information content (AvgIpc) is 3.58. The fraction of sp³-hybridized carbons (Fsp3) is 0.406. The van der Waals surface area contributed by atoms with Gasteiger partial charge in [0.1, 0.15) is 18.4 Å². The number of non-ortho nitro benzene ring substituents is 1. The number of ether oxygens (including phenoxy) is 2. The van der Waals surface area contributed by atoms with E-state index in [0.29, 0.717) is 22.6 Å². The van der Waals surface area contributed by atoms with Crippen molar-refractivity contribution in [3.63, 3.8) is 0 Å². The highest BCUT2D eigenvalue weighted by molar-refractivity contribution is 6.16. The number of amides is 2. The number of nitrogens with one attached hydrogen (secondary N) is 1. The predicted molar refractivity (Wildman–Crippen MR) is 169 cm³/mol. The van der Waals surface area contributed by atoms with Crippen LogP contribution in [-0.4, -0.2) is 85.9 Å². The summed E-state index contributed by atoms with van der Waals surface area (Å²) in [6.45, 7) is 2.72. The molecule has 2 unspecified atom stereocenters. The number of ketones is 1. The van der Waals surface area contributed by atoms with E-state index in [2.05, 4.69) is 9.97 Å². The van der Waals surface area contributed by atoms with Gasteiger partial charge in [0.05, 0.1) is 36.6 Å². The molecule has 0 saturated heterocycles. The Morgan fingerprint density at radius 2 is 1.79 bits per heavy atom. The Bertz CT molecular complexity index is 1520. The van der Waals surface area contributed by atoms with Crippen molar-refractivity contribution in [1.29, 1.82) is 0 Å². The van der Waals surface area contributed by atoms with Crippen molar-refractivity contribution in [3.05, 3.63) is 88.5 Å². The van der Waals surface area contributed by atoms with Gasteiger partial charge in [-0.05, 0) is 30.0 Å². The first-order valence-corrected chi connectivity index (χ1v) is 14.9. The first kappa shape index (κ1) is 36.5. The van der Waals surface area contributed by atoms with E-state index >= 15 is 0 Å². The molecule has 3 rings (SSSR count). The summed E-state index contributed by atoms with van der Waals surface area (Å²) in [4.78, 5) is 73.2. The molecule has 15 heteroatoms. The molecule has 0 saturated carbocycles. The van der Waals surface area contributed by atoms with Crippen molar-refractivity contribution in [3.8, 4) is 5.75 Å². The molecule has 0 aliphatic carbocycles. The summed E-state index contributed by atoms with van der Waals surface area (Å²) in [6, 6.07) is 11.3. The first-order chi connectivity index (χ1) is 22.3. The fourth-order valence-corrected chi connectivity index (χ4v) is 4.90. The second-order valence-electron chi connectivity index (χ2n) is 11.2. The summed E-state index contributed by atoms with van der Waals surface area (Å²) in [7, 11) is 1.10. The lowest BCUT2D eigenvalue weighted by molar-refractivity contribution is -0.384. The lowest BCUT2D eigenvalue weighted by Crippen LogP contribution is -2.67. The van der Waals surface area contributed by atoms with Crippen LogP contribution in [0.15, 0.2) is 67.1 Å². The summed E-state index contributed by atoms with van der Waals surface area (Å²) in [6.07, 6.45) is 0.401. The smallest absolute Gasteiger partial charge is 0.329 e. The summed E-state index contributed by atoms with van der Waals surface area (Å²) < 4.78 is 10.6. The zero-order chi connectivity index (χ0) is 34.7. The third-order valence-corrected chi connectivity index (χ3v) is 7.89. The van der Waals surface area contributed by atoms with Gasteiger partial charge >= 0.3 is 5.97 Å². The van der Waals surface area contributed by atoms with Crippen LogP contribution in [-0.2, 0) is 36.8 Å². The molecule has 0 radical (unpaired) electrons. The summed E-state index contributed by atoms with van der Waals surface area (Å²) >= 11 is 0. The van der Waals surface area contributed by atoms with Gasteiger partial charge in [0, 0.05) is 30.8 Å². The Kier molecular flexibility index (Phi) is 12.8. The van der Waals surface area contributed by atoms with Gasteiger partial charge in [-0.15, -0.1) is 0 Å². The maximum atomic E-state index is 14.5. The van der Waals surface area contributed by atoms with Crippen molar-refractivity contribution in [2.75, 3.05) is 13.7 Å². The van der Waals surface area contributed by atoms with Gasteiger partial charge in [0.15, 0.2) is 11.3 Å². The number of hydrogen-bond donors (Lipinski definition) is 4. The van der Waals surface area contributed by atoms with Crippen molar-refractivity contribution < 1.29 is 38.7 Å². The molecule has 0 aliphatic rings. The molecule has 2 amide bonds. The molecule has 15 nitrogen and oxygen atoms in total. The van der Waals surface area contributed by atoms with Gasteiger partial charge < -0.3 is 31.0 Å². The van der Waals surface area contributed by atoms with Crippen LogP contribution >= 0.6 is 0 Å². The molecule has 0 bridgehead atoms. The minimum Gasteiger partial charge on any atom is -0.486 e. The van der Waals surface area contributed by atoms with E-state index in [4.69, 9.17) is 20.9 Å². The molecule has 6 N–H and O–H groups in total. The number of aromatic amines is 1. The molecule has 252 valence electrons. The Morgan fingerprint density at radius 3 is 2.34 bits per heavy atom. The van der Waals surface area contributed by atoms with E-state index in [9.17, 15) is 34.4 Å². The normalized spacial score (nSPS) is 14.9. The van der Waals surface area contributed by atoms with Gasteiger partial charge in [0.25, 0.3) is 11.6 Å². The van der Waals surface area contributed by atoms with Crippen LogP contribution in [0.2, 0.25) is 0 Å². The highest BCUT2D eigenvalue weighted by Gasteiger charge is 2.51. The quantitative estimate of drug-likeness (QED) is 0.0702. The van der Waals surface area contributed by atoms with Crippen LogP contribution in [0.5, 0.6) is 5.75 Å². The molecular formula is C32H40N6O9. The Morgan fingerprint density at radius 1 is 1.13 bits per heavy atom. The van der Waals surface area contributed by atoms with Crippen molar-refractivity contribution in [2.24, 2.45) is 17.4 Å². The van der Waals surface area contributed by atoms with E-state index in [0.717, 1.165) is 7.11 Å². The molecule has 0 spiro atoms. The number of benzene rings is 2. The zero-order valence-corrected chi connectivity index (χ0v) is 26.4. The van der Waals surface area contributed by atoms with Crippen LogP contribution in [0.25, 0.3) is 0 Å². The van der Waals surface area contributed by atoms with Crippen LogP contribution in [0.4, 0.5) is 5.69 Å². The minimum atomic E-state index is -2.44. The largest absolute Gasteiger partial charge is 0.486 e. The van der Waals surface area contributed by atoms with Crippen molar-refractivity contribution >= 4 is 29.3 Å². The number of H-pyrrole nitrogens is 1. The predicted octanol–water partition coefficient (Wildman–Crippen LogP) is 1.47. The van der Waals surface area contributed by atoms with E-state index in [1.807, 2.05) is 0 Å². The number of nitro groups is 1. The number of carbonyl (C=O) groups excluding carboxylic acids is 4. The number of Topliss-reactive ketones (excluding diaryl/α,β-unsaturated/α-hetero) is 1. The number of methoxy groups -OCH3 is 1. The second kappa shape index (κ2) is 16.5. The maximum Gasteiger partial charge on any atom is 0.329 e. The van der Waals surface area contributed by atoms with E-state index in [-0.39, 0.29) is 17.8 Å². The van der Waals surface area contributed by atoms with E-state index in [1.165, 1.54) is 36.8 Å². The molecule has 47 heavy (non-hydrogen) atoms. The molecule has 2 aromatic carbocycles. The minimum absolute atomic E-state index is 0.0292. The number of nitrogens with zero attached hydrogens (tertiary/aromatic N) is 3. The molecule has 0 fully saturated rings. The number of aliphatic hydroxyl groups is 1. The Labute approximate surface area is 271 Å². The van der Waals surface area contributed by atoms with Gasteiger partial charge in [-0.2, -0.15) is 0 Å². The van der Waals surface area contributed by atoms with Crippen molar-refractivity contribution in [2.45, 2.75) is 63.3 Å². The number of imidazole rings is 1. The fourth-order valence-electron chi connectivity index (χ4n) is 4.90. The number of nitro benzene ring substituents is 1. The number of carbonyl (C=O) groups is 4. The average molecular weight is 653 g/mol. The Hall–Kier alpha value is -4.99. The number of aromatic nitrogens is 2. The molecule has 1 aromatic heterocycles. The topological polar surface area (TPSA) is 234 Å². The SMILES string of the molecule is CCC(C)[C@@H](C(=O)OC)N(C(=O)CC(O)[C@@H](N)Cc1ccc([N+](=O)[O-])cc1)C(=O)[C@@](N)(Cc1c[nH]cn1)C(=O)COc1ccccc1. The number of para-hydroxylation sites is 1. The van der Waals surface area contributed by atoms with Gasteiger partial charge in [-0.1, -0.05) is 50.6 Å². The zero-order valence-electron chi connectivity index (χ0n) is 26.4. The summed E-state index contributed by atoms with van der Waals surface area (Å²) in [5.41, 5.74) is 11.0. The van der Waals surface area contributed by atoms with Crippen LogP contribution in [0.3, 0.4) is 0 Å². The molecular weight excluding hydrogens is 612 g/mol. The second-order valence-corrected chi connectivity index (χ2v) is 11.2. The van der Waals surface area contributed by atoms with Crippen LogP contribution in [0.1, 0.15) is 37.9 Å². The highest BCUT2D eigenvalue weighted by atomic mass is 16.6. The number of esters is 1. The first-order valence-electron chi connectivity index (χ1n) is 14.9. The molecule has 0 aliphatic heterocycles. The molecule has 3 aromatic rings. The number of nitrogens with two attached hydrogens (primary N) is 2. The van der Waals surface area contributed by atoms with Gasteiger partial charge in [0.2, 0.25) is 5.91 Å². The Balaban J connectivity index is 1.97. The third kappa shape index (κ3) is 9.28. The van der Waals surface area contributed by atoms with Crippen LogP contribution in [0, 0.1) is 16.0 Å². The highest BCUT2D eigenvalue weighted by Crippen LogP contribution is 2.25.